The molecule has 3 rings (SSSR count). The minimum atomic E-state index is -0.899. The van der Waals surface area contributed by atoms with Crippen molar-refractivity contribution in [3.05, 3.63) is 58.6 Å². The van der Waals surface area contributed by atoms with Crippen LogP contribution in [0.4, 0.5) is 10.5 Å². The Morgan fingerprint density at radius 3 is 2.48 bits per heavy atom. The van der Waals surface area contributed by atoms with E-state index in [0.717, 1.165) is 17.0 Å². The van der Waals surface area contributed by atoms with Crippen LogP contribution < -0.4 is 10.2 Å². The first kappa shape index (κ1) is 16.5. The second-order valence-electron chi connectivity index (χ2n) is 5.18. The average Bonchev–Trinajstić information content (AvgIpc) is 2.53. The van der Waals surface area contributed by atoms with Gasteiger partial charge in [-0.05, 0) is 36.4 Å². The molecule has 126 valence electrons. The highest BCUT2D eigenvalue weighted by atomic mass is 35.5. The van der Waals surface area contributed by atoms with E-state index in [0.29, 0.717) is 5.02 Å². The lowest BCUT2D eigenvalue weighted by Gasteiger charge is -2.26. The standard InChI is InChI=1S/C17H11ClN2O5/c18-10-2-1-3-11(7-10)20-16(24)13(15(23)19-17(20)25)6-9-4-5-12(21)8-14(9)22/h1-8,21-22H,(H,19,23,25). The van der Waals surface area contributed by atoms with Gasteiger partial charge in [0.15, 0.2) is 0 Å². The molecule has 0 atom stereocenters. The number of nitrogens with one attached hydrogen (secondary N) is 1. The van der Waals surface area contributed by atoms with Gasteiger partial charge in [0.2, 0.25) is 0 Å². The predicted molar refractivity (Wildman–Crippen MR) is 90.2 cm³/mol. The molecule has 0 aliphatic carbocycles. The number of hydrogen-bond donors (Lipinski definition) is 3. The van der Waals surface area contributed by atoms with Gasteiger partial charge in [-0.1, -0.05) is 17.7 Å². The highest BCUT2D eigenvalue weighted by Gasteiger charge is 2.37. The molecule has 3 N–H and O–H groups in total. The molecule has 0 aromatic heterocycles. The van der Waals surface area contributed by atoms with Gasteiger partial charge in [0.05, 0.1) is 5.69 Å². The summed E-state index contributed by atoms with van der Waals surface area (Å²) in [4.78, 5) is 37.5. The first-order valence-corrected chi connectivity index (χ1v) is 7.43. The second kappa shape index (κ2) is 6.29. The molecular weight excluding hydrogens is 348 g/mol. The van der Waals surface area contributed by atoms with Gasteiger partial charge < -0.3 is 10.2 Å². The highest BCUT2D eigenvalue weighted by molar-refractivity contribution is 6.39. The molecule has 4 amide bonds. The molecule has 2 aromatic rings. The van der Waals surface area contributed by atoms with Crippen LogP contribution in [0.1, 0.15) is 5.56 Å². The van der Waals surface area contributed by atoms with Crippen LogP contribution >= 0.6 is 11.6 Å². The number of amides is 4. The van der Waals surface area contributed by atoms with Crippen molar-refractivity contribution in [1.82, 2.24) is 5.32 Å². The summed E-state index contributed by atoms with van der Waals surface area (Å²) in [6, 6.07) is 8.83. The lowest BCUT2D eigenvalue weighted by Crippen LogP contribution is -2.54. The molecule has 1 aliphatic heterocycles. The van der Waals surface area contributed by atoms with Crippen molar-refractivity contribution in [2.24, 2.45) is 0 Å². The number of rotatable bonds is 2. The second-order valence-corrected chi connectivity index (χ2v) is 5.62. The number of hydrogen-bond acceptors (Lipinski definition) is 5. The highest BCUT2D eigenvalue weighted by Crippen LogP contribution is 2.28. The van der Waals surface area contributed by atoms with Crippen molar-refractivity contribution in [2.45, 2.75) is 0 Å². The number of anilines is 1. The minimum absolute atomic E-state index is 0.136. The number of benzene rings is 2. The average molecular weight is 359 g/mol. The molecule has 0 spiro atoms. The number of phenols is 2. The van der Waals surface area contributed by atoms with Crippen LogP contribution in [-0.2, 0) is 9.59 Å². The van der Waals surface area contributed by atoms with Crippen LogP contribution in [0.5, 0.6) is 11.5 Å². The lowest BCUT2D eigenvalue weighted by molar-refractivity contribution is -0.122. The van der Waals surface area contributed by atoms with Crippen molar-refractivity contribution >= 4 is 41.2 Å². The van der Waals surface area contributed by atoms with E-state index >= 15 is 0 Å². The zero-order chi connectivity index (χ0) is 18.1. The molecular formula is C17H11ClN2O5. The Kier molecular flexibility index (Phi) is 4.16. The topological polar surface area (TPSA) is 107 Å². The Bertz CT molecular complexity index is 938. The van der Waals surface area contributed by atoms with Gasteiger partial charge in [0.25, 0.3) is 11.8 Å². The van der Waals surface area contributed by atoms with Crippen molar-refractivity contribution in [2.75, 3.05) is 4.90 Å². The Morgan fingerprint density at radius 2 is 1.80 bits per heavy atom. The number of nitrogens with zero attached hydrogens (tertiary/aromatic N) is 1. The Morgan fingerprint density at radius 1 is 1.04 bits per heavy atom. The summed E-state index contributed by atoms with van der Waals surface area (Å²) in [6.07, 6.45) is 1.14. The Balaban J connectivity index is 2.05. The van der Waals surface area contributed by atoms with Crippen LogP contribution in [0.3, 0.4) is 0 Å². The molecule has 1 fully saturated rings. The maximum atomic E-state index is 12.6. The van der Waals surface area contributed by atoms with E-state index < -0.39 is 17.8 Å². The fourth-order valence-electron chi connectivity index (χ4n) is 2.32. The third kappa shape index (κ3) is 3.17. The SMILES string of the molecule is O=C1NC(=O)N(c2cccc(Cl)c2)C(=O)C1=Cc1ccc(O)cc1O. The number of halogens is 1. The van der Waals surface area contributed by atoms with Crippen molar-refractivity contribution in [1.29, 1.82) is 0 Å². The van der Waals surface area contributed by atoms with Gasteiger partial charge >= 0.3 is 6.03 Å². The van der Waals surface area contributed by atoms with Crippen LogP contribution in [0, 0.1) is 0 Å². The molecule has 0 bridgehead atoms. The minimum Gasteiger partial charge on any atom is -0.508 e. The molecule has 0 radical (unpaired) electrons. The monoisotopic (exact) mass is 358 g/mol. The molecule has 8 heteroatoms. The smallest absolute Gasteiger partial charge is 0.335 e. The number of aromatic hydroxyl groups is 2. The number of imide groups is 2. The van der Waals surface area contributed by atoms with Crippen LogP contribution in [0.2, 0.25) is 5.02 Å². The summed E-state index contributed by atoms with van der Waals surface area (Å²) in [6.45, 7) is 0. The molecule has 2 aromatic carbocycles. The molecule has 1 aliphatic rings. The van der Waals surface area contributed by atoms with Crippen LogP contribution in [0.15, 0.2) is 48.0 Å². The number of urea groups is 1. The van der Waals surface area contributed by atoms with E-state index in [1.807, 2.05) is 0 Å². The van der Waals surface area contributed by atoms with Crippen molar-refractivity contribution in [3.8, 4) is 11.5 Å². The van der Waals surface area contributed by atoms with Crippen LogP contribution in [0.25, 0.3) is 6.08 Å². The summed E-state index contributed by atoms with van der Waals surface area (Å²) in [5, 5.41) is 21.5. The Hall–Kier alpha value is -3.32. The van der Waals surface area contributed by atoms with Crippen molar-refractivity contribution in [3.63, 3.8) is 0 Å². The van der Waals surface area contributed by atoms with E-state index in [9.17, 15) is 24.6 Å². The molecule has 1 saturated heterocycles. The third-order valence-corrected chi connectivity index (χ3v) is 3.72. The van der Waals surface area contributed by atoms with E-state index in [1.54, 1.807) is 12.1 Å². The summed E-state index contributed by atoms with van der Waals surface area (Å²) < 4.78 is 0. The summed E-state index contributed by atoms with van der Waals surface area (Å²) in [5.74, 6) is -2.24. The fraction of sp³-hybridized carbons (Fsp3) is 0. The quantitative estimate of drug-likeness (QED) is 0.564. The fourth-order valence-corrected chi connectivity index (χ4v) is 2.50. The first-order valence-electron chi connectivity index (χ1n) is 7.06. The largest absolute Gasteiger partial charge is 0.508 e. The van der Waals surface area contributed by atoms with Gasteiger partial charge in [0, 0.05) is 16.7 Å². The van der Waals surface area contributed by atoms with E-state index in [1.165, 1.54) is 24.3 Å². The molecule has 1 heterocycles. The Labute approximate surface area is 146 Å². The molecule has 25 heavy (non-hydrogen) atoms. The molecule has 0 unspecified atom stereocenters. The van der Waals surface area contributed by atoms with Gasteiger partial charge in [0.1, 0.15) is 17.1 Å². The zero-order valence-electron chi connectivity index (χ0n) is 12.6. The number of phenolic OH excluding ortho intramolecular Hbond substituents is 2. The van der Waals surface area contributed by atoms with Gasteiger partial charge in [-0.2, -0.15) is 0 Å². The van der Waals surface area contributed by atoms with Gasteiger partial charge in [-0.15, -0.1) is 0 Å². The first-order chi connectivity index (χ1) is 11.9. The lowest BCUT2D eigenvalue weighted by atomic mass is 10.1. The van der Waals surface area contributed by atoms with Gasteiger partial charge in [-0.25, -0.2) is 9.69 Å². The summed E-state index contributed by atoms with van der Waals surface area (Å²) in [7, 11) is 0. The van der Waals surface area contributed by atoms with Crippen LogP contribution in [-0.4, -0.2) is 28.1 Å². The van der Waals surface area contributed by atoms with E-state index in [4.69, 9.17) is 11.6 Å². The number of barbiturate groups is 1. The summed E-state index contributed by atoms with van der Waals surface area (Å²) >= 11 is 5.88. The normalized spacial score (nSPS) is 16.3. The zero-order valence-corrected chi connectivity index (χ0v) is 13.3. The molecule has 0 saturated carbocycles. The predicted octanol–water partition coefficient (Wildman–Crippen LogP) is 2.42. The molecule has 7 nitrogen and oxygen atoms in total. The third-order valence-electron chi connectivity index (χ3n) is 3.48. The maximum Gasteiger partial charge on any atom is 0.335 e. The number of carbonyl (C=O) groups is 3. The summed E-state index contributed by atoms with van der Waals surface area (Å²) in [5.41, 5.74) is -0.0133. The van der Waals surface area contributed by atoms with E-state index in [-0.39, 0.29) is 28.3 Å². The van der Waals surface area contributed by atoms with Crippen molar-refractivity contribution < 1.29 is 24.6 Å². The van der Waals surface area contributed by atoms with E-state index in [2.05, 4.69) is 5.32 Å². The number of carbonyl (C=O) groups excluding carboxylic acids is 3. The van der Waals surface area contributed by atoms with Gasteiger partial charge in [-0.3, -0.25) is 14.9 Å². The maximum absolute atomic E-state index is 12.6.